The third-order valence-electron chi connectivity index (χ3n) is 3.39. The number of nitrogens with zero attached hydrogens (tertiary/aromatic N) is 2. The zero-order valence-electron chi connectivity index (χ0n) is 11.4. The smallest absolute Gasteiger partial charge is 0.134 e. The summed E-state index contributed by atoms with van der Waals surface area (Å²) in [6, 6.07) is 14.0. The van der Waals surface area contributed by atoms with E-state index in [0.717, 1.165) is 24.2 Å². The molecule has 0 spiro atoms. The maximum atomic E-state index is 6.12. The molecular weight excluding hydrogens is 284 g/mol. The molecule has 0 radical (unpaired) electrons. The summed E-state index contributed by atoms with van der Waals surface area (Å²) in [5.74, 6) is 0.716. The van der Waals surface area contributed by atoms with E-state index in [4.69, 9.17) is 17.3 Å². The van der Waals surface area contributed by atoms with Crippen molar-refractivity contribution in [1.29, 1.82) is 0 Å². The first-order valence-corrected chi connectivity index (χ1v) is 7.09. The Kier molecular flexibility index (Phi) is 3.88. The number of hydrogen-bond acceptors (Lipinski definition) is 4. The summed E-state index contributed by atoms with van der Waals surface area (Å²) >= 11 is 5.83. The van der Waals surface area contributed by atoms with Crippen molar-refractivity contribution in [2.24, 2.45) is 0 Å². The van der Waals surface area contributed by atoms with E-state index < -0.39 is 0 Å². The first-order chi connectivity index (χ1) is 10.2. The van der Waals surface area contributed by atoms with Crippen LogP contribution in [0.1, 0.15) is 5.56 Å². The Labute approximate surface area is 128 Å². The van der Waals surface area contributed by atoms with E-state index in [1.807, 2.05) is 24.3 Å². The van der Waals surface area contributed by atoms with Crippen LogP contribution in [0.5, 0.6) is 0 Å². The summed E-state index contributed by atoms with van der Waals surface area (Å²) in [5, 5.41) is 6.06. The van der Waals surface area contributed by atoms with E-state index in [1.54, 1.807) is 6.07 Å². The van der Waals surface area contributed by atoms with E-state index in [9.17, 15) is 0 Å². The van der Waals surface area contributed by atoms with Gasteiger partial charge in [-0.3, -0.25) is 0 Å². The highest BCUT2D eigenvalue weighted by atomic mass is 35.5. The van der Waals surface area contributed by atoms with Crippen molar-refractivity contribution in [3.8, 4) is 0 Å². The Morgan fingerprint density at radius 1 is 1.10 bits per heavy atom. The normalized spacial score (nSPS) is 10.7. The van der Waals surface area contributed by atoms with Crippen LogP contribution in [0.2, 0.25) is 5.15 Å². The second-order valence-electron chi connectivity index (χ2n) is 4.76. The molecule has 0 fully saturated rings. The Bertz CT molecular complexity index is 773. The van der Waals surface area contributed by atoms with Crippen molar-refractivity contribution in [1.82, 2.24) is 9.97 Å². The molecule has 5 heteroatoms. The lowest BCUT2D eigenvalue weighted by Crippen LogP contribution is -2.08. The molecule has 1 heterocycles. The van der Waals surface area contributed by atoms with Crippen LogP contribution in [-0.4, -0.2) is 16.5 Å². The average molecular weight is 299 g/mol. The summed E-state index contributed by atoms with van der Waals surface area (Å²) in [6.45, 7) is 0.728. The van der Waals surface area contributed by atoms with Crippen molar-refractivity contribution in [2.75, 3.05) is 17.6 Å². The third-order valence-corrected chi connectivity index (χ3v) is 3.60. The fraction of sp³-hybridized carbons (Fsp3) is 0.125. The second-order valence-corrected chi connectivity index (χ2v) is 5.14. The minimum Gasteiger partial charge on any atom is -0.398 e. The van der Waals surface area contributed by atoms with Gasteiger partial charge < -0.3 is 11.1 Å². The molecule has 3 N–H and O–H groups in total. The molecule has 106 valence electrons. The molecule has 4 nitrogen and oxygen atoms in total. The van der Waals surface area contributed by atoms with Gasteiger partial charge in [-0.05, 0) is 28.8 Å². The number of benzene rings is 2. The number of nitrogens with two attached hydrogens (primary N) is 1. The van der Waals surface area contributed by atoms with E-state index in [1.165, 1.54) is 17.1 Å². The van der Waals surface area contributed by atoms with Crippen molar-refractivity contribution >= 4 is 33.9 Å². The van der Waals surface area contributed by atoms with Crippen molar-refractivity contribution in [3.05, 3.63) is 59.5 Å². The number of nitrogens with one attached hydrogen (secondary N) is 1. The van der Waals surface area contributed by atoms with E-state index in [0.29, 0.717) is 11.0 Å². The first-order valence-electron chi connectivity index (χ1n) is 6.71. The number of fused-ring (bicyclic) bond motifs is 1. The summed E-state index contributed by atoms with van der Waals surface area (Å²) in [6.07, 6.45) is 2.26. The number of nitrogen functional groups attached to an aromatic ring is 1. The van der Waals surface area contributed by atoms with Crippen LogP contribution in [0.25, 0.3) is 10.8 Å². The predicted octanol–water partition coefficient (Wildman–Crippen LogP) is 3.52. The summed E-state index contributed by atoms with van der Waals surface area (Å²) < 4.78 is 0. The van der Waals surface area contributed by atoms with Gasteiger partial charge >= 0.3 is 0 Å². The van der Waals surface area contributed by atoms with Gasteiger partial charge in [0.05, 0.1) is 0 Å². The quantitative estimate of drug-likeness (QED) is 0.571. The number of aromatic nitrogens is 2. The molecule has 0 aliphatic rings. The molecule has 0 unspecified atom stereocenters. The first kappa shape index (κ1) is 13.6. The van der Waals surface area contributed by atoms with Gasteiger partial charge in [0.1, 0.15) is 17.3 Å². The van der Waals surface area contributed by atoms with Gasteiger partial charge in [0.2, 0.25) is 0 Å². The number of halogens is 1. The maximum Gasteiger partial charge on any atom is 0.134 e. The molecule has 0 aliphatic carbocycles. The molecule has 1 aromatic heterocycles. The molecular formula is C16H15ClN4. The highest BCUT2D eigenvalue weighted by molar-refractivity contribution is 6.29. The van der Waals surface area contributed by atoms with Crippen LogP contribution in [0.4, 0.5) is 11.5 Å². The van der Waals surface area contributed by atoms with E-state index >= 15 is 0 Å². The van der Waals surface area contributed by atoms with E-state index in [-0.39, 0.29) is 0 Å². The van der Waals surface area contributed by atoms with Crippen LogP contribution in [0, 0.1) is 0 Å². The Morgan fingerprint density at radius 3 is 2.81 bits per heavy atom. The summed E-state index contributed by atoms with van der Waals surface area (Å²) in [5.41, 5.74) is 8.09. The Hall–Kier alpha value is -2.33. The van der Waals surface area contributed by atoms with Crippen molar-refractivity contribution in [3.63, 3.8) is 0 Å². The molecule has 0 atom stereocenters. The van der Waals surface area contributed by atoms with Crippen LogP contribution in [-0.2, 0) is 6.42 Å². The molecule has 0 amide bonds. The molecule has 0 bridgehead atoms. The van der Waals surface area contributed by atoms with Crippen LogP contribution in [0.15, 0.2) is 48.8 Å². The van der Waals surface area contributed by atoms with Gasteiger partial charge in [0, 0.05) is 18.3 Å². The largest absolute Gasteiger partial charge is 0.398 e. The zero-order valence-corrected chi connectivity index (χ0v) is 12.1. The minimum absolute atomic E-state index is 0.428. The predicted molar refractivity (Wildman–Crippen MR) is 87.6 cm³/mol. The molecule has 21 heavy (non-hydrogen) atoms. The topological polar surface area (TPSA) is 63.8 Å². The van der Waals surface area contributed by atoms with Gasteiger partial charge in [-0.15, -0.1) is 0 Å². The number of rotatable bonds is 4. The lowest BCUT2D eigenvalue weighted by Gasteiger charge is -2.11. The lowest BCUT2D eigenvalue weighted by atomic mass is 10.0. The average Bonchev–Trinajstić information content (AvgIpc) is 2.50. The molecule has 3 rings (SSSR count). The van der Waals surface area contributed by atoms with Crippen LogP contribution < -0.4 is 11.1 Å². The van der Waals surface area contributed by atoms with Gasteiger partial charge in [-0.1, -0.05) is 41.9 Å². The van der Waals surface area contributed by atoms with Crippen molar-refractivity contribution in [2.45, 2.75) is 6.42 Å². The Balaban J connectivity index is 1.77. The van der Waals surface area contributed by atoms with E-state index in [2.05, 4.69) is 27.4 Å². The standard InChI is InChI=1S/C16H15ClN4/c17-15-9-16(21-10-20-15)19-8-7-13-12-4-2-1-3-11(12)5-6-14(13)18/h1-6,9-10H,7-8,18H2,(H,19,20,21). The number of anilines is 2. The fourth-order valence-electron chi connectivity index (χ4n) is 2.38. The number of hydrogen-bond donors (Lipinski definition) is 2. The zero-order chi connectivity index (χ0) is 14.7. The summed E-state index contributed by atoms with van der Waals surface area (Å²) in [4.78, 5) is 7.97. The molecule has 3 aromatic rings. The fourth-order valence-corrected chi connectivity index (χ4v) is 2.52. The van der Waals surface area contributed by atoms with Gasteiger partial charge in [0.15, 0.2) is 0 Å². The molecule has 0 saturated carbocycles. The highest BCUT2D eigenvalue weighted by Crippen LogP contribution is 2.24. The maximum absolute atomic E-state index is 6.12. The van der Waals surface area contributed by atoms with Gasteiger partial charge in [-0.2, -0.15) is 0 Å². The lowest BCUT2D eigenvalue weighted by molar-refractivity contribution is 1.01. The SMILES string of the molecule is Nc1ccc2ccccc2c1CCNc1cc(Cl)ncn1. The Morgan fingerprint density at radius 2 is 1.95 bits per heavy atom. The molecule has 0 saturated heterocycles. The van der Waals surface area contributed by atoms with Crippen LogP contribution >= 0.6 is 11.6 Å². The monoisotopic (exact) mass is 298 g/mol. The van der Waals surface area contributed by atoms with Gasteiger partial charge in [-0.25, -0.2) is 9.97 Å². The van der Waals surface area contributed by atoms with Gasteiger partial charge in [0.25, 0.3) is 0 Å². The third kappa shape index (κ3) is 3.06. The minimum atomic E-state index is 0.428. The highest BCUT2D eigenvalue weighted by Gasteiger charge is 2.05. The molecule has 0 aliphatic heterocycles. The summed E-state index contributed by atoms with van der Waals surface area (Å²) in [7, 11) is 0. The molecule has 2 aromatic carbocycles. The van der Waals surface area contributed by atoms with Crippen LogP contribution in [0.3, 0.4) is 0 Å². The van der Waals surface area contributed by atoms with Crippen molar-refractivity contribution < 1.29 is 0 Å². The second kappa shape index (κ2) is 5.97.